The summed E-state index contributed by atoms with van der Waals surface area (Å²) >= 11 is 0. The van der Waals surface area contributed by atoms with E-state index >= 15 is 0 Å². The van der Waals surface area contributed by atoms with Gasteiger partial charge in [0.15, 0.2) is 0 Å². The number of hydrogen-bond donors (Lipinski definition) is 2. The lowest BCUT2D eigenvalue weighted by Crippen LogP contribution is -2.62. The van der Waals surface area contributed by atoms with Crippen molar-refractivity contribution in [1.82, 2.24) is 24.7 Å². The fourth-order valence-corrected chi connectivity index (χ4v) is 6.86. The van der Waals surface area contributed by atoms with Crippen molar-refractivity contribution in [1.29, 1.82) is 0 Å². The predicted molar refractivity (Wildman–Crippen MR) is 154 cm³/mol. The summed E-state index contributed by atoms with van der Waals surface area (Å²) in [6.45, 7) is 7.65. The van der Waals surface area contributed by atoms with E-state index in [2.05, 4.69) is 49.7 Å². The molecular weight excluding hydrogens is 520 g/mol. The van der Waals surface area contributed by atoms with E-state index in [1.807, 2.05) is 18.2 Å². The maximum atomic E-state index is 13.7. The van der Waals surface area contributed by atoms with Gasteiger partial charge in [0.1, 0.15) is 11.9 Å². The molecule has 4 aliphatic rings. The Kier molecular flexibility index (Phi) is 6.84. The van der Waals surface area contributed by atoms with Crippen LogP contribution in [-0.4, -0.2) is 75.6 Å². The number of ether oxygens (including phenoxy) is 1. The van der Waals surface area contributed by atoms with Crippen LogP contribution in [0.15, 0.2) is 47.3 Å². The Morgan fingerprint density at radius 3 is 2.41 bits per heavy atom. The number of morpholine rings is 1. The number of nitrogens with zero attached hydrogens (tertiary/aromatic N) is 4. The van der Waals surface area contributed by atoms with E-state index in [4.69, 9.17) is 4.74 Å². The topological polar surface area (TPSA) is 109 Å². The van der Waals surface area contributed by atoms with Crippen molar-refractivity contribution < 1.29 is 14.3 Å². The van der Waals surface area contributed by atoms with Gasteiger partial charge in [-0.25, -0.2) is 4.98 Å². The number of aryl methyl sites for hydroxylation is 1. The van der Waals surface area contributed by atoms with Crippen LogP contribution in [0.25, 0.3) is 10.9 Å². The molecule has 3 unspecified atom stereocenters. The lowest BCUT2D eigenvalue weighted by Gasteiger charge is -2.48. The number of aromatic nitrogens is 2. The molecule has 2 N–H and O–H groups in total. The Labute approximate surface area is 238 Å². The minimum absolute atomic E-state index is 0.198. The number of imide groups is 1. The molecule has 3 atom stereocenters. The maximum absolute atomic E-state index is 13.7. The zero-order valence-corrected chi connectivity index (χ0v) is 23.3. The second-order valence-electron chi connectivity index (χ2n) is 11.9. The van der Waals surface area contributed by atoms with Crippen LogP contribution in [0.2, 0.25) is 0 Å². The Morgan fingerprint density at radius 2 is 1.68 bits per heavy atom. The third-order valence-electron chi connectivity index (χ3n) is 9.07. The van der Waals surface area contributed by atoms with Crippen LogP contribution >= 0.6 is 0 Å². The van der Waals surface area contributed by atoms with Gasteiger partial charge in [0.25, 0.3) is 5.56 Å². The summed E-state index contributed by atoms with van der Waals surface area (Å²) in [5, 5.41) is 6.21. The number of nitrogens with one attached hydrogen (secondary N) is 2. The molecule has 0 saturated carbocycles. The van der Waals surface area contributed by atoms with Gasteiger partial charge in [-0.05, 0) is 49.4 Å². The number of rotatable bonds is 7. The van der Waals surface area contributed by atoms with E-state index in [1.165, 1.54) is 23.0 Å². The number of piperidine rings is 1. The van der Waals surface area contributed by atoms with Crippen molar-refractivity contribution in [2.75, 3.05) is 31.5 Å². The minimum Gasteiger partial charge on any atom is -0.380 e. The number of carbonyl (C=O) groups is 2. The number of hydrogen-bond acceptors (Lipinski definition) is 8. The molecule has 0 aliphatic carbocycles. The molecule has 4 aliphatic heterocycles. The van der Waals surface area contributed by atoms with E-state index in [9.17, 15) is 14.4 Å². The molecule has 3 aromatic rings. The smallest absolute Gasteiger partial charge is 0.264 e. The average molecular weight is 557 g/mol. The second kappa shape index (κ2) is 10.7. The van der Waals surface area contributed by atoms with E-state index in [0.29, 0.717) is 47.2 Å². The van der Waals surface area contributed by atoms with E-state index in [1.54, 1.807) is 6.92 Å². The van der Waals surface area contributed by atoms with E-state index < -0.39 is 11.9 Å². The molecule has 2 amide bonds. The fourth-order valence-electron chi connectivity index (χ4n) is 6.86. The monoisotopic (exact) mass is 556 g/mol. The van der Waals surface area contributed by atoms with Gasteiger partial charge in [-0.2, -0.15) is 0 Å². The van der Waals surface area contributed by atoms with E-state index in [0.717, 1.165) is 38.3 Å². The Bertz CT molecular complexity index is 1530. The third-order valence-corrected chi connectivity index (χ3v) is 9.07. The van der Waals surface area contributed by atoms with Gasteiger partial charge < -0.3 is 10.1 Å². The summed E-state index contributed by atoms with van der Waals surface area (Å²) in [7, 11) is 0. The highest BCUT2D eigenvalue weighted by Crippen LogP contribution is 2.30. The maximum Gasteiger partial charge on any atom is 0.264 e. The number of likely N-dealkylation sites (tertiary alicyclic amines) is 2. The standard InChI is InChI=1S/C31H36N6O4/c1-19-33-26-4-2-3-25(29(26)31(40)37(19)27-11-12-28(38)34-30(27)39)32-13-20-5-7-21(8-6-20)14-35-15-22(16-35)36-17-23-9-10-24(18-36)41-23/h2-8,22-24,27,32H,9-18H2,1H3,(H,34,38,39). The number of amides is 2. The zero-order valence-electron chi connectivity index (χ0n) is 23.3. The Hall–Kier alpha value is -3.60. The third kappa shape index (κ3) is 5.16. The predicted octanol–water partition coefficient (Wildman–Crippen LogP) is 2.34. The zero-order chi connectivity index (χ0) is 28.1. The normalized spacial score (nSPS) is 25.3. The Morgan fingerprint density at radius 1 is 0.951 bits per heavy atom. The molecule has 1 aromatic heterocycles. The van der Waals surface area contributed by atoms with E-state index in [-0.39, 0.29) is 24.3 Å². The highest BCUT2D eigenvalue weighted by atomic mass is 16.5. The molecular formula is C31H36N6O4. The van der Waals surface area contributed by atoms with Gasteiger partial charge in [-0.1, -0.05) is 30.3 Å². The molecule has 4 saturated heterocycles. The molecule has 214 valence electrons. The number of benzene rings is 2. The number of fused-ring (bicyclic) bond motifs is 3. The van der Waals surface area contributed by atoms with Crippen LogP contribution in [-0.2, 0) is 27.4 Å². The lowest BCUT2D eigenvalue weighted by atomic mass is 10.0. The first-order valence-electron chi connectivity index (χ1n) is 14.7. The highest BCUT2D eigenvalue weighted by Gasteiger charge is 2.40. The van der Waals surface area contributed by atoms with Gasteiger partial charge in [0.2, 0.25) is 11.8 Å². The summed E-state index contributed by atoms with van der Waals surface area (Å²) in [5.41, 5.74) is 3.38. The molecule has 0 radical (unpaired) electrons. The lowest BCUT2D eigenvalue weighted by molar-refractivity contribution is -0.135. The fraction of sp³-hybridized carbons (Fsp3) is 0.484. The first kappa shape index (κ1) is 26.3. The van der Waals surface area contributed by atoms with Gasteiger partial charge >= 0.3 is 0 Å². The summed E-state index contributed by atoms with van der Waals surface area (Å²) in [5.74, 6) is -0.317. The average Bonchev–Trinajstić information content (AvgIpc) is 3.28. The second-order valence-corrected chi connectivity index (χ2v) is 11.9. The molecule has 7 rings (SSSR count). The number of carbonyl (C=O) groups excluding carboxylic acids is 2. The van der Waals surface area contributed by atoms with Crippen molar-refractivity contribution in [2.45, 2.75) is 70.0 Å². The van der Waals surface area contributed by atoms with Crippen LogP contribution in [0.1, 0.15) is 48.7 Å². The van der Waals surface area contributed by atoms with Crippen LogP contribution in [0.4, 0.5) is 5.69 Å². The molecule has 5 heterocycles. The van der Waals surface area contributed by atoms with Crippen LogP contribution < -0.4 is 16.2 Å². The van der Waals surface area contributed by atoms with Crippen molar-refractivity contribution >= 4 is 28.4 Å². The molecule has 10 heteroatoms. The summed E-state index contributed by atoms with van der Waals surface area (Å²) in [6.07, 6.45) is 3.82. The first-order valence-corrected chi connectivity index (χ1v) is 14.7. The van der Waals surface area contributed by atoms with Crippen LogP contribution in [0.3, 0.4) is 0 Å². The van der Waals surface area contributed by atoms with Gasteiger partial charge in [-0.3, -0.25) is 34.1 Å². The summed E-state index contributed by atoms with van der Waals surface area (Å²) in [4.78, 5) is 47.6. The minimum atomic E-state index is -0.747. The quantitative estimate of drug-likeness (QED) is 0.427. The van der Waals surface area contributed by atoms with Crippen molar-refractivity contribution in [3.8, 4) is 0 Å². The van der Waals surface area contributed by atoms with Crippen molar-refractivity contribution in [3.63, 3.8) is 0 Å². The molecule has 4 fully saturated rings. The molecule has 0 spiro atoms. The summed E-state index contributed by atoms with van der Waals surface area (Å²) in [6, 6.07) is 14.1. The Balaban J connectivity index is 0.996. The molecule has 2 aromatic carbocycles. The van der Waals surface area contributed by atoms with Crippen LogP contribution in [0, 0.1) is 6.92 Å². The highest BCUT2D eigenvalue weighted by molar-refractivity contribution is 5.99. The van der Waals surface area contributed by atoms with Crippen molar-refractivity contribution in [2.24, 2.45) is 0 Å². The number of anilines is 1. The van der Waals surface area contributed by atoms with Crippen molar-refractivity contribution in [3.05, 3.63) is 69.8 Å². The molecule has 10 nitrogen and oxygen atoms in total. The van der Waals surface area contributed by atoms with Gasteiger partial charge in [0.05, 0.1) is 23.1 Å². The van der Waals surface area contributed by atoms with Crippen LogP contribution in [0.5, 0.6) is 0 Å². The first-order chi connectivity index (χ1) is 19.9. The molecule has 41 heavy (non-hydrogen) atoms. The SMILES string of the molecule is Cc1nc2cccc(NCc3ccc(CN4CC(N5CC6CCC(C5)O6)C4)cc3)c2c(=O)n1C1CCC(=O)NC1=O. The largest absolute Gasteiger partial charge is 0.380 e. The summed E-state index contributed by atoms with van der Waals surface area (Å²) < 4.78 is 7.42. The van der Waals surface area contributed by atoms with Gasteiger partial charge in [-0.15, -0.1) is 0 Å². The van der Waals surface area contributed by atoms with Gasteiger partial charge in [0, 0.05) is 57.4 Å². The molecule has 2 bridgehead atoms.